The summed E-state index contributed by atoms with van der Waals surface area (Å²) in [6.45, 7) is 10.3. The van der Waals surface area contributed by atoms with Crippen LogP contribution in [-0.2, 0) is 16.5 Å². The number of esters is 2. The Balaban J connectivity index is 2.39. The number of carbonyl (C=O) groups is 3. The van der Waals surface area contributed by atoms with Gasteiger partial charge in [0.05, 0.1) is 22.0 Å². The van der Waals surface area contributed by atoms with Crippen LogP contribution in [0.15, 0.2) is 18.2 Å². The van der Waals surface area contributed by atoms with E-state index in [1.165, 1.54) is 22.9 Å². The van der Waals surface area contributed by atoms with Crippen molar-refractivity contribution in [3.8, 4) is 0 Å². The van der Waals surface area contributed by atoms with Crippen molar-refractivity contribution in [2.24, 2.45) is 7.05 Å². The highest BCUT2D eigenvalue weighted by atomic mass is 16.6. The lowest BCUT2D eigenvalue weighted by molar-refractivity contribution is 0.00606. The van der Waals surface area contributed by atoms with Gasteiger partial charge in [-0.1, -0.05) is 0 Å². The first-order valence-electron chi connectivity index (χ1n) is 9.68. The molecule has 31 heavy (non-hydrogen) atoms. The van der Waals surface area contributed by atoms with E-state index in [-0.39, 0.29) is 22.3 Å². The minimum Gasteiger partial charge on any atom is -0.478 e. The number of pyridine rings is 1. The van der Waals surface area contributed by atoms with Crippen LogP contribution in [0.5, 0.6) is 0 Å². The van der Waals surface area contributed by atoms with Crippen molar-refractivity contribution < 1.29 is 29.0 Å². The lowest BCUT2D eigenvalue weighted by Gasteiger charge is -2.20. The van der Waals surface area contributed by atoms with Crippen LogP contribution < -0.4 is 0 Å². The van der Waals surface area contributed by atoms with E-state index in [9.17, 15) is 19.5 Å². The number of fused-ring (bicyclic) bond motifs is 3. The Labute approximate surface area is 179 Å². The van der Waals surface area contributed by atoms with Gasteiger partial charge < -0.3 is 14.6 Å². The van der Waals surface area contributed by atoms with Crippen molar-refractivity contribution in [3.05, 3.63) is 35.2 Å². The monoisotopic (exact) mass is 427 g/mol. The van der Waals surface area contributed by atoms with E-state index in [0.29, 0.717) is 16.4 Å². The first-order chi connectivity index (χ1) is 14.2. The minimum atomic E-state index is -1.11. The molecule has 0 atom stereocenters. The molecule has 164 valence electrons. The molecular weight excluding hydrogens is 402 g/mol. The summed E-state index contributed by atoms with van der Waals surface area (Å²) in [5.41, 5.74) is -0.958. The number of hydrogen-bond acceptors (Lipinski definition) is 7. The molecule has 0 unspecified atom stereocenters. The van der Waals surface area contributed by atoms with Crippen LogP contribution >= 0.6 is 0 Å². The molecule has 0 fully saturated rings. The quantitative estimate of drug-likeness (QED) is 0.628. The number of aromatic carboxylic acids is 1. The van der Waals surface area contributed by atoms with Gasteiger partial charge in [-0.3, -0.25) is 4.68 Å². The minimum absolute atomic E-state index is 0.0423. The van der Waals surface area contributed by atoms with Crippen molar-refractivity contribution >= 4 is 39.7 Å². The molecule has 1 aromatic carbocycles. The molecule has 9 heteroatoms. The number of benzene rings is 1. The summed E-state index contributed by atoms with van der Waals surface area (Å²) in [6.07, 6.45) is 0. The molecule has 0 radical (unpaired) electrons. The molecular formula is C22H25N3O6. The average Bonchev–Trinajstić information content (AvgIpc) is 2.95. The molecule has 0 aliphatic heterocycles. The number of carboxylic acids is 1. The Morgan fingerprint density at radius 1 is 0.935 bits per heavy atom. The van der Waals surface area contributed by atoms with Gasteiger partial charge in [0.15, 0.2) is 11.4 Å². The van der Waals surface area contributed by atoms with Gasteiger partial charge >= 0.3 is 17.9 Å². The molecule has 1 N–H and O–H groups in total. The molecule has 9 nitrogen and oxygen atoms in total. The number of nitrogens with zero attached hydrogens (tertiary/aromatic N) is 3. The van der Waals surface area contributed by atoms with Gasteiger partial charge in [0.25, 0.3) is 0 Å². The summed E-state index contributed by atoms with van der Waals surface area (Å²) < 4.78 is 12.4. The second-order valence-corrected chi connectivity index (χ2v) is 9.20. The van der Waals surface area contributed by atoms with E-state index in [1.54, 1.807) is 48.6 Å². The predicted octanol–water partition coefficient (Wildman–Crippen LogP) is 3.73. The third-order valence-corrected chi connectivity index (χ3v) is 4.20. The van der Waals surface area contributed by atoms with Gasteiger partial charge in [-0.25, -0.2) is 19.4 Å². The molecule has 0 amide bonds. The maximum atomic E-state index is 13.0. The molecule has 3 aromatic rings. The highest BCUT2D eigenvalue weighted by molar-refractivity contribution is 6.18. The van der Waals surface area contributed by atoms with Gasteiger partial charge in [0.2, 0.25) is 0 Å². The van der Waals surface area contributed by atoms with Crippen LogP contribution in [0.1, 0.15) is 72.9 Å². The van der Waals surface area contributed by atoms with Crippen LogP contribution in [0, 0.1) is 0 Å². The lowest BCUT2D eigenvalue weighted by Crippen LogP contribution is -2.26. The van der Waals surface area contributed by atoms with Gasteiger partial charge in [-0.2, -0.15) is 5.10 Å². The van der Waals surface area contributed by atoms with Crippen molar-refractivity contribution in [1.82, 2.24) is 14.8 Å². The van der Waals surface area contributed by atoms with Crippen molar-refractivity contribution in [1.29, 1.82) is 0 Å². The van der Waals surface area contributed by atoms with E-state index < -0.39 is 29.1 Å². The second kappa shape index (κ2) is 7.33. The van der Waals surface area contributed by atoms with Gasteiger partial charge in [0.1, 0.15) is 11.2 Å². The Hall–Kier alpha value is -3.49. The highest BCUT2D eigenvalue weighted by Gasteiger charge is 2.31. The summed E-state index contributed by atoms with van der Waals surface area (Å²) in [5.74, 6) is -2.56. The summed E-state index contributed by atoms with van der Waals surface area (Å²) >= 11 is 0. The fraction of sp³-hybridized carbons (Fsp3) is 0.409. The summed E-state index contributed by atoms with van der Waals surface area (Å²) in [4.78, 5) is 41.8. The number of aromatic nitrogens is 3. The normalized spacial score (nSPS) is 12.2. The number of aryl methyl sites for hydroxylation is 1. The highest BCUT2D eigenvalue weighted by Crippen LogP contribution is 2.31. The van der Waals surface area contributed by atoms with E-state index in [0.717, 1.165) is 0 Å². The SMILES string of the molecule is Cn1nc(C(=O)OC(C)(C)C)c2c(C(=O)OC(C)(C)C)nc3ccc(C(=O)O)cc3c21. The number of carboxylic acid groups (broad SMARTS) is 1. The van der Waals surface area contributed by atoms with Crippen LogP contribution in [0.3, 0.4) is 0 Å². The average molecular weight is 427 g/mol. The maximum Gasteiger partial charge on any atom is 0.360 e. The lowest BCUT2D eigenvalue weighted by atomic mass is 10.0. The first-order valence-corrected chi connectivity index (χ1v) is 9.68. The van der Waals surface area contributed by atoms with E-state index >= 15 is 0 Å². The van der Waals surface area contributed by atoms with Crippen molar-refractivity contribution in [3.63, 3.8) is 0 Å². The number of carbonyl (C=O) groups excluding carboxylic acids is 2. The van der Waals surface area contributed by atoms with Crippen molar-refractivity contribution in [2.75, 3.05) is 0 Å². The third kappa shape index (κ3) is 4.50. The maximum absolute atomic E-state index is 13.0. The topological polar surface area (TPSA) is 121 Å². The number of rotatable bonds is 3. The smallest absolute Gasteiger partial charge is 0.360 e. The Morgan fingerprint density at radius 3 is 2.00 bits per heavy atom. The van der Waals surface area contributed by atoms with Gasteiger partial charge in [-0.05, 0) is 59.7 Å². The largest absolute Gasteiger partial charge is 0.478 e. The number of hydrogen-bond donors (Lipinski definition) is 1. The molecule has 0 aliphatic rings. The van der Waals surface area contributed by atoms with Crippen LogP contribution in [0.2, 0.25) is 0 Å². The third-order valence-electron chi connectivity index (χ3n) is 4.20. The summed E-state index contributed by atoms with van der Waals surface area (Å²) in [6, 6.07) is 4.34. The summed E-state index contributed by atoms with van der Waals surface area (Å²) in [7, 11) is 1.60. The van der Waals surface area contributed by atoms with Crippen LogP contribution in [0.4, 0.5) is 0 Å². The Kier molecular flexibility index (Phi) is 5.25. The molecule has 3 rings (SSSR count). The Morgan fingerprint density at radius 2 is 1.48 bits per heavy atom. The molecule has 2 heterocycles. The molecule has 0 bridgehead atoms. The fourth-order valence-corrected chi connectivity index (χ4v) is 3.13. The van der Waals surface area contributed by atoms with Crippen LogP contribution in [-0.4, -0.2) is 49.0 Å². The fourth-order valence-electron chi connectivity index (χ4n) is 3.13. The Bertz CT molecular complexity index is 1230. The van der Waals surface area contributed by atoms with E-state index in [4.69, 9.17) is 9.47 Å². The number of ether oxygens (including phenoxy) is 2. The van der Waals surface area contributed by atoms with Crippen molar-refractivity contribution in [2.45, 2.75) is 52.7 Å². The second-order valence-electron chi connectivity index (χ2n) is 9.20. The zero-order chi connectivity index (χ0) is 23.3. The molecule has 2 aromatic heterocycles. The van der Waals surface area contributed by atoms with E-state index in [1.807, 2.05) is 0 Å². The van der Waals surface area contributed by atoms with Gasteiger partial charge in [-0.15, -0.1) is 0 Å². The van der Waals surface area contributed by atoms with Gasteiger partial charge in [0, 0.05) is 12.4 Å². The first kappa shape index (κ1) is 22.2. The molecule has 0 spiro atoms. The molecule has 0 saturated carbocycles. The van der Waals surface area contributed by atoms with E-state index in [2.05, 4.69) is 10.1 Å². The molecule has 0 saturated heterocycles. The van der Waals surface area contributed by atoms with Crippen LogP contribution in [0.25, 0.3) is 21.8 Å². The standard InChI is InChI=1S/C22H25N3O6/c1-21(2,3)30-19(28)15-14-16(20(29)31-22(4,5)6)24-25(7)17(14)12-10-11(18(26)27)8-9-13(12)23-15/h8-10H,1-7H3,(H,26,27). The summed E-state index contributed by atoms with van der Waals surface area (Å²) in [5, 5.41) is 14.3. The predicted molar refractivity (Wildman–Crippen MR) is 113 cm³/mol. The zero-order valence-electron chi connectivity index (χ0n) is 18.6. The zero-order valence-corrected chi connectivity index (χ0v) is 18.6. The molecule has 0 aliphatic carbocycles.